The Hall–Kier alpha value is -3.17. The Bertz CT molecular complexity index is 1100. The summed E-state index contributed by atoms with van der Waals surface area (Å²) in [4.78, 5) is 18.4. The maximum Gasteiger partial charge on any atom is 0.417 e. The average molecular weight is 419 g/mol. The van der Waals surface area contributed by atoms with Crippen molar-refractivity contribution in [2.75, 3.05) is 25.1 Å². The molecule has 1 unspecified atom stereocenters. The molecule has 1 fully saturated rings. The van der Waals surface area contributed by atoms with Crippen LogP contribution in [-0.2, 0) is 10.9 Å². The van der Waals surface area contributed by atoms with E-state index in [1.54, 1.807) is 19.1 Å². The van der Waals surface area contributed by atoms with Gasteiger partial charge in [0.25, 0.3) is 0 Å². The van der Waals surface area contributed by atoms with Gasteiger partial charge in [0.1, 0.15) is 11.6 Å². The van der Waals surface area contributed by atoms with E-state index in [-0.39, 0.29) is 5.92 Å². The van der Waals surface area contributed by atoms with Gasteiger partial charge in [-0.2, -0.15) is 13.2 Å². The van der Waals surface area contributed by atoms with Crippen LogP contribution in [0, 0.1) is 6.92 Å². The summed E-state index contributed by atoms with van der Waals surface area (Å²) >= 11 is 0. The molecule has 30 heavy (non-hydrogen) atoms. The minimum absolute atomic E-state index is 0.0976. The zero-order valence-electron chi connectivity index (χ0n) is 16.5. The van der Waals surface area contributed by atoms with E-state index in [0.29, 0.717) is 35.1 Å². The summed E-state index contributed by atoms with van der Waals surface area (Å²) in [5.41, 5.74) is 0.605. The molecule has 0 radical (unpaired) electrons. The number of anilines is 1. The molecular formula is C20H20F3N5O2. The highest BCUT2D eigenvalue weighted by Gasteiger charge is 2.32. The molecule has 10 heteroatoms. The Labute approximate surface area is 170 Å². The Morgan fingerprint density at radius 2 is 2.00 bits per heavy atom. The van der Waals surface area contributed by atoms with Gasteiger partial charge >= 0.3 is 12.1 Å². The third-order valence-electron chi connectivity index (χ3n) is 5.34. The number of pyridine rings is 2. The molecule has 3 aromatic rings. The van der Waals surface area contributed by atoms with Crippen LogP contribution in [0.25, 0.3) is 5.65 Å². The molecular weight excluding hydrogens is 399 g/mol. The first kappa shape index (κ1) is 20.1. The molecule has 0 bridgehead atoms. The summed E-state index contributed by atoms with van der Waals surface area (Å²) in [7, 11) is 1.32. The van der Waals surface area contributed by atoms with E-state index in [1.807, 2.05) is 0 Å². The fourth-order valence-electron chi connectivity index (χ4n) is 3.80. The fourth-order valence-corrected chi connectivity index (χ4v) is 3.80. The van der Waals surface area contributed by atoms with Gasteiger partial charge < -0.3 is 9.64 Å². The standard InChI is InChI=1S/C20H20F3N5O2/c1-12-15(19(29)30-2)6-8-16(24-12)27-9-3-4-13(10-27)18-26-25-17-7-5-14(11-28(17)18)20(21,22)23/h5-8,11,13H,3-4,9-10H2,1-2H3. The number of carbonyl (C=O) groups excluding carboxylic acids is 1. The van der Waals surface area contributed by atoms with E-state index in [1.165, 1.54) is 17.6 Å². The SMILES string of the molecule is COC(=O)c1ccc(N2CCCC(c3nnc4ccc(C(F)(F)F)cn34)C2)nc1C. The number of nitrogens with zero attached hydrogens (tertiary/aromatic N) is 5. The van der Waals surface area contributed by atoms with E-state index < -0.39 is 17.7 Å². The predicted octanol–water partition coefficient (Wildman–Crippen LogP) is 3.62. The van der Waals surface area contributed by atoms with Crippen molar-refractivity contribution in [2.24, 2.45) is 0 Å². The van der Waals surface area contributed by atoms with Crippen LogP contribution in [-0.4, -0.2) is 45.8 Å². The number of ether oxygens (including phenoxy) is 1. The summed E-state index contributed by atoms with van der Waals surface area (Å²) in [6, 6.07) is 5.77. The summed E-state index contributed by atoms with van der Waals surface area (Å²) in [5, 5.41) is 8.20. The number of rotatable bonds is 3. The fraction of sp³-hybridized carbons (Fsp3) is 0.400. The van der Waals surface area contributed by atoms with Crippen LogP contribution in [0.2, 0.25) is 0 Å². The maximum atomic E-state index is 13.1. The van der Waals surface area contributed by atoms with Crippen molar-refractivity contribution >= 4 is 17.4 Å². The van der Waals surface area contributed by atoms with E-state index in [0.717, 1.165) is 31.6 Å². The average Bonchev–Trinajstić information content (AvgIpc) is 3.16. The van der Waals surface area contributed by atoms with Gasteiger partial charge in [-0.3, -0.25) is 4.40 Å². The number of hydrogen-bond donors (Lipinski definition) is 0. The second kappa shape index (κ2) is 7.58. The Morgan fingerprint density at radius 3 is 2.70 bits per heavy atom. The van der Waals surface area contributed by atoms with E-state index >= 15 is 0 Å². The first-order valence-electron chi connectivity index (χ1n) is 9.50. The molecule has 1 atom stereocenters. The molecule has 0 N–H and O–H groups in total. The number of aryl methyl sites for hydroxylation is 1. The topological polar surface area (TPSA) is 72.6 Å². The lowest BCUT2D eigenvalue weighted by atomic mass is 9.97. The van der Waals surface area contributed by atoms with Crippen molar-refractivity contribution in [2.45, 2.75) is 31.9 Å². The minimum atomic E-state index is -4.43. The van der Waals surface area contributed by atoms with Crippen molar-refractivity contribution < 1.29 is 22.7 Å². The van der Waals surface area contributed by atoms with Crippen molar-refractivity contribution in [3.8, 4) is 0 Å². The molecule has 0 spiro atoms. The molecule has 1 aliphatic rings. The monoisotopic (exact) mass is 419 g/mol. The van der Waals surface area contributed by atoms with Crippen molar-refractivity contribution in [3.63, 3.8) is 0 Å². The number of alkyl halides is 3. The molecule has 3 aromatic heterocycles. The number of fused-ring (bicyclic) bond motifs is 1. The van der Waals surface area contributed by atoms with Crippen molar-refractivity contribution in [1.29, 1.82) is 0 Å². The van der Waals surface area contributed by atoms with E-state index in [9.17, 15) is 18.0 Å². The van der Waals surface area contributed by atoms with Crippen LogP contribution >= 0.6 is 0 Å². The summed E-state index contributed by atoms with van der Waals surface area (Å²) < 4.78 is 45.6. The zero-order valence-corrected chi connectivity index (χ0v) is 16.5. The van der Waals surface area contributed by atoms with Gasteiger partial charge in [-0.15, -0.1) is 10.2 Å². The third kappa shape index (κ3) is 3.69. The quantitative estimate of drug-likeness (QED) is 0.604. The first-order valence-corrected chi connectivity index (χ1v) is 9.50. The van der Waals surface area contributed by atoms with Gasteiger partial charge in [-0.1, -0.05) is 0 Å². The van der Waals surface area contributed by atoms with E-state index in [4.69, 9.17) is 4.74 Å². The molecule has 1 saturated heterocycles. The van der Waals surface area contributed by atoms with Crippen LogP contribution in [0.5, 0.6) is 0 Å². The molecule has 158 valence electrons. The first-order chi connectivity index (χ1) is 14.3. The highest BCUT2D eigenvalue weighted by atomic mass is 19.4. The van der Waals surface area contributed by atoms with Gasteiger partial charge in [0, 0.05) is 25.2 Å². The number of aromatic nitrogens is 4. The van der Waals surface area contributed by atoms with Gasteiger partial charge in [-0.25, -0.2) is 9.78 Å². The Balaban J connectivity index is 1.62. The highest BCUT2D eigenvalue weighted by Crippen LogP contribution is 2.32. The molecule has 0 aromatic carbocycles. The third-order valence-corrected chi connectivity index (χ3v) is 5.34. The molecule has 0 aliphatic carbocycles. The summed E-state index contributed by atoms with van der Waals surface area (Å²) in [6.07, 6.45) is -1.76. The van der Waals surface area contributed by atoms with Crippen LogP contribution in [0.1, 0.15) is 46.2 Å². The van der Waals surface area contributed by atoms with Crippen molar-refractivity contribution in [1.82, 2.24) is 19.6 Å². The largest absolute Gasteiger partial charge is 0.465 e. The van der Waals surface area contributed by atoms with Crippen LogP contribution in [0.3, 0.4) is 0 Å². The second-order valence-electron chi connectivity index (χ2n) is 7.28. The predicted molar refractivity (Wildman–Crippen MR) is 102 cm³/mol. The Morgan fingerprint density at radius 1 is 1.20 bits per heavy atom. The van der Waals surface area contributed by atoms with Gasteiger partial charge in [0.2, 0.25) is 0 Å². The zero-order chi connectivity index (χ0) is 21.5. The van der Waals surface area contributed by atoms with Crippen molar-refractivity contribution in [3.05, 3.63) is 53.1 Å². The normalized spacial score (nSPS) is 17.4. The number of piperidine rings is 1. The molecule has 0 amide bonds. The number of hydrogen-bond acceptors (Lipinski definition) is 6. The molecule has 4 heterocycles. The van der Waals surface area contributed by atoms with Crippen LogP contribution < -0.4 is 4.90 Å². The minimum Gasteiger partial charge on any atom is -0.465 e. The lowest BCUT2D eigenvalue weighted by Gasteiger charge is -2.33. The smallest absolute Gasteiger partial charge is 0.417 e. The molecule has 0 saturated carbocycles. The summed E-state index contributed by atoms with van der Waals surface area (Å²) in [6.45, 7) is 3.04. The number of esters is 1. The van der Waals surface area contributed by atoms with Crippen LogP contribution in [0.15, 0.2) is 30.5 Å². The van der Waals surface area contributed by atoms with Gasteiger partial charge in [-0.05, 0) is 44.0 Å². The lowest BCUT2D eigenvalue weighted by molar-refractivity contribution is -0.137. The lowest BCUT2D eigenvalue weighted by Crippen LogP contribution is -2.35. The van der Waals surface area contributed by atoms with Gasteiger partial charge in [0.05, 0.1) is 23.9 Å². The Kier molecular flexibility index (Phi) is 5.08. The van der Waals surface area contributed by atoms with Gasteiger partial charge in [0.15, 0.2) is 5.65 Å². The van der Waals surface area contributed by atoms with Crippen LogP contribution in [0.4, 0.5) is 19.0 Å². The highest BCUT2D eigenvalue weighted by molar-refractivity contribution is 5.90. The molecule has 7 nitrogen and oxygen atoms in total. The number of methoxy groups -OCH3 is 1. The summed E-state index contributed by atoms with van der Waals surface area (Å²) in [5.74, 6) is 0.663. The molecule has 1 aliphatic heterocycles. The maximum absolute atomic E-state index is 13.1. The van der Waals surface area contributed by atoms with E-state index in [2.05, 4.69) is 20.1 Å². The second-order valence-corrected chi connectivity index (χ2v) is 7.28. The molecule has 4 rings (SSSR count). The number of halogens is 3. The number of carbonyl (C=O) groups is 1.